The number of aromatic nitrogens is 2. The lowest BCUT2D eigenvalue weighted by Crippen LogP contribution is -2.31. The zero-order valence-electron chi connectivity index (χ0n) is 10.1. The van der Waals surface area contributed by atoms with Gasteiger partial charge >= 0.3 is 5.69 Å². The van der Waals surface area contributed by atoms with Crippen molar-refractivity contribution in [3.63, 3.8) is 0 Å². The van der Waals surface area contributed by atoms with Crippen molar-refractivity contribution in [3.8, 4) is 0 Å². The van der Waals surface area contributed by atoms with Crippen molar-refractivity contribution < 1.29 is 9.53 Å². The first-order valence-electron chi connectivity index (χ1n) is 5.73. The molecule has 2 heterocycles. The van der Waals surface area contributed by atoms with Crippen LogP contribution in [-0.4, -0.2) is 28.5 Å². The molecule has 0 N–H and O–H groups in total. The van der Waals surface area contributed by atoms with Gasteiger partial charge in [0.2, 0.25) is 0 Å². The molecule has 0 aromatic carbocycles. The lowest BCUT2D eigenvalue weighted by atomic mass is 10.0. The molecule has 17 heavy (non-hydrogen) atoms. The highest BCUT2D eigenvalue weighted by molar-refractivity contribution is 5.81. The quantitative estimate of drug-likeness (QED) is 0.765. The van der Waals surface area contributed by atoms with E-state index in [0.717, 1.165) is 12.1 Å². The van der Waals surface area contributed by atoms with Crippen molar-refractivity contribution in [1.82, 2.24) is 9.55 Å². The maximum atomic E-state index is 11.9. The van der Waals surface area contributed by atoms with Crippen LogP contribution in [0, 0.1) is 19.8 Å². The minimum absolute atomic E-state index is 0.0540. The summed E-state index contributed by atoms with van der Waals surface area (Å²) in [6.45, 7) is 4.80. The molecule has 5 heteroatoms. The molecule has 0 aliphatic carbocycles. The second kappa shape index (κ2) is 4.79. The van der Waals surface area contributed by atoms with Gasteiger partial charge in [-0.05, 0) is 26.3 Å². The van der Waals surface area contributed by atoms with E-state index in [4.69, 9.17) is 4.74 Å². The normalized spacial score (nSPS) is 19.5. The summed E-state index contributed by atoms with van der Waals surface area (Å²) in [5.41, 5.74) is 1.10. The number of ether oxygens (including phenoxy) is 1. The Morgan fingerprint density at radius 1 is 1.59 bits per heavy atom. The average molecular weight is 236 g/mol. The number of carbonyl (C=O) groups excluding carboxylic acids is 1. The van der Waals surface area contributed by atoms with E-state index in [-0.39, 0.29) is 23.9 Å². The van der Waals surface area contributed by atoms with Crippen LogP contribution in [0.5, 0.6) is 0 Å². The summed E-state index contributed by atoms with van der Waals surface area (Å²) in [6.07, 6.45) is 0.756. The number of aryl methyl sites for hydroxylation is 2. The first-order valence-corrected chi connectivity index (χ1v) is 5.73. The Labute approximate surface area is 99.4 Å². The van der Waals surface area contributed by atoms with E-state index >= 15 is 0 Å². The predicted octanol–water partition coefficient (Wildman–Crippen LogP) is 0.466. The smallest absolute Gasteiger partial charge is 0.348 e. The molecule has 1 fully saturated rings. The van der Waals surface area contributed by atoms with Crippen LogP contribution in [0.25, 0.3) is 0 Å². The zero-order valence-corrected chi connectivity index (χ0v) is 10.1. The van der Waals surface area contributed by atoms with E-state index in [1.807, 2.05) is 6.92 Å². The summed E-state index contributed by atoms with van der Waals surface area (Å²) in [5.74, 6) is -0.0130. The van der Waals surface area contributed by atoms with Gasteiger partial charge in [-0.25, -0.2) is 4.79 Å². The second-order valence-electron chi connectivity index (χ2n) is 4.43. The maximum absolute atomic E-state index is 11.9. The number of Topliss-reactive ketones (excluding diaryl/α,β-unsaturated/α-hetero) is 1. The monoisotopic (exact) mass is 236 g/mol. The van der Waals surface area contributed by atoms with Crippen LogP contribution in [-0.2, 0) is 16.1 Å². The van der Waals surface area contributed by atoms with Crippen LogP contribution in [0.4, 0.5) is 0 Å². The molecule has 1 aromatic rings. The SMILES string of the molecule is Cc1cc(C)n(CC(=O)C2CCOC2)c(=O)n1. The van der Waals surface area contributed by atoms with Crippen molar-refractivity contribution >= 4 is 5.78 Å². The van der Waals surface area contributed by atoms with Gasteiger partial charge in [-0.15, -0.1) is 0 Å². The predicted molar refractivity (Wildman–Crippen MR) is 61.9 cm³/mol. The molecular formula is C12H16N2O3. The molecule has 1 aliphatic heterocycles. The third-order valence-corrected chi connectivity index (χ3v) is 3.05. The molecule has 0 radical (unpaired) electrons. The summed E-state index contributed by atoms with van der Waals surface area (Å²) < 4.78 is 6.60. The number of carbonyl (C=O) groups is 1. The second-order valence-corrected chi connectivity index (χ2v) is 4.43. The highest BCUT2D eigenvalue weighted by Gasteiger charge is 2.24. The fourth-order valence-electron chi connectivity index (χ4n) is 2.04. The van der Waals surface area contributed by atoms with E-state index in [1.54, 1.807) is 13.0 Å². The number of rotatable bonds is 3. The van der Waals surface area contributed by atoms with Gasteiger partial charge in [0.1, 0.15) is 0 Å². The van der Waals surface area contributed by atoms with Gasteiger partial charge in [0.15, 0.2) is 5.78 Å². The highest BCUT2D eigenvalue weighted by atomic mass is 16.5. The fraction of sp³-hybridized carbons (Fsp3) is 0.583. The summed E-state index contributed by atoms with van der Waals surface area (Å²) >= 11 is 0. The minimum Gasteiger partial charge on any atom is -0.381 e. The minimum atomic E-state index is -0.352. The Bertz CT molecular complexity index is 487. The van der Waals surface area contributed by atoms with Gasteiger partial charge in [0.25, 0.3) is 0 Å². The molecule has 1 saturated heterocycles. The Morgan fingerprint density at radius 2 is 2.35 bits per heavy atom. The largest absolute Gasteiger partial charge is 0.381 e. The molecule has 5 nitrogen and oxygen atoms in total. The molecule has 0 spiro atoms. The van der Waals surface area contributed by atoms with Crippen LogP contribution in [0.15, 0.2) is 10.9 Å². The number of hydrogen-bond acceptors (Lipinski definition) is 4. The first-order chi connectivity index (χ1) is 8.08. The molecule has 0 amide bonds. The number of hydrogen-bond donors (Lipinski definition) is 0. The van der Waals surface area contributed by atoms with Gasteiger partial charge in [0.05, 0.1) is 13.2 Å². The summed E-state index contributed by atoms with van der Waals surface area (Å²) in [4.78, 5) is 27.5. The number of nitrogens with zero attached hydrogens (tertiary/aromatic N) is 2. The van der Waals surface area contributed by atoms with Gasteiger partial charge in [-0.3, -0.25) is 9.36 Å². The standard InChI is InChI=1S/C12H16N2O3/c1-8-5-9(2)14(12(16)13-8)6-11(15)10-3-4-17-7-10/h5,10H,3-4,6-7H2,1-2H3. The summed E-state index contributed by atoms with van der Waals surface area (Å²) in [6, 6.07) is 1.81. The van der Waals surface area contributed by atoms with Gasteiger partial charge in [-0.1, -0.05) is 0 Å². The average Bonchev–Trinajstić information content (AvgIpc) is 2.76. The molecule has 1 aromatic heterocycles. The molecule has 1 atom stereocenters. The Morgan fingerprint density at radius 3 is 2.94 bits per heavy atom. The summed E-state index contributed by atoms with van der Waals surface area (Å²) in [7, 11) is 0. The van der Waals surface area contributed by atoms with Crippen molar-refractivity contribution in [2.75, 3.05) is 13.2 Å². The van der Waals surface area contributed by atoms with Crippen molar-refractivity contribution in [2.24, 2.45) is 5.92 Å². The Hall–Kier alpha value is -1.49. The van der Waals surface area contributed by atoms with E-state index in [9.17, 15) is 9.59 Å². The highest BCUT2D eigenvalue weighted by Crippen LogP contribution is 2.14. The third-order valence-electron chi connectivity index (χ3n) is 3.05. The summed E-state index contributed by atoms with van der Waals surface area (Å²) in [5, 5.41) is 0. The van der Waals surface area contributed by atoms with Crippen molar-refractivity contribution in [2.45, 2.75) is 26.8 Å². The molecule has 0 saturated carbocycles. The third kappa shape index (κ3) is 2.61. The lowest BCUT2D eigenvalue weighted by Gasteiger charge is -2.11. The molecular weight excluding hydrogens is 220 g/mol. The Balaban J connectivity index is 2.18. The fourth-order valence-corrected chi connectivity index (χ4v) is 2.04. The first kappa shape index (κ1) is 12.0. The van der Waals surface area contributed by atoms with Gasteiger partial charge < -0.3 is 4.74 Å². The van der Waals surface area contributed by atoms with E-state index < -0.39 is 0 Å². The number of ketones is 1. The van der Waals surface area contributed by atoms with Gasteiger partial charge in [-0.2, -0.15) is 4.98 Å². The van der Waals surface area contributed by atoms with Crippen molar-refractivity contribution in [3.05, 3.63) is 27.9 Å². The van der Waals surface area contributed by atoms with E-state index in [2.05, 4.69) is 4.98 Å². The van der Waals surface area contributed by atoms with Crippen LogP contribution in [0.2, 0.25) is 0 Å². The maximum Gasteiger partial charge on any atom is 0.348 e. The van der Waals surface area contributed by atoms with E-state index in [1.165, 1.54) is 4.57 Å². The zero-order chi connectivity index (χ0) is 12.4. The molecule has 2 rings (SSSR count). The van der Waals surface area contributed by atoms with Crippen LogP contribution in [0.1, 0.15) is 17.8 Å². The van der Waals surface area contributed by atoms with Crippen LogP contribution < -0.4 is 5.69 Å². The Kier molecular flexibility index (Phi) is 3.38. The molecule has 1 unspecified atom stereocenters. The molecule has 0 bridgehead atoms. The topological polar surface area (TPSA) is 61.2 Å². The molecule has 1 aliphatic rings. The van der Waals surface area contributed by atoms with Crippen LogP contribution >= 0.6 is 0 Å². The van der Waals surface area contributed by atoms with Gasteiger partial charge in [0, 0.05) is 23.9 Å². The lowest BCUT2D eigenvalue weighted by molar-refractivity contribution is -0.123. The van der Waals surface area contributed by atoms with Crippen LogP contribution in [0.3, 0.4) is 0 Å². The van der Waals surface area contributed by atoms with Crippen molar-refractivity contribution in [1.29, 1.82) is 0 Å². The molecule has 92 valence electrons. The van der Waals surface area contributed by atoms with E-state index in [0.29, 0.717) is 18.9 Å².